The zero-order valence-corrected chi connectivity index (χ0v) is 21.0. The van der Waals surface area contributed by atoms with Crippen LogP contribution in [-0.2, 0) is 29.7 Å². The van der Waals surface area contributed by atoms with E-state index >= 15 is 0 Å². The monoisotopic (exact) mass is 455 g/mol. The summed E-state index contributed by atoms with van der Waals surface area (Å²) in [5, 5.41) is 9.65. The molecule has 0 atom stereocenters. The number of nitrogens with zero attached hydrogens (tertiary/aromatic N) is 1. The highest BCUT2D eigenvalue weighted by Crippen LogP contribution is 2.40. The van der Waals surface area contributed by atoms with Crippen molar-refractivity contribution >= 4 is 11.9 Å². The van der Waals surface area contributed by atoms with Gasteiger partial charge < -0.3 is 10.0 Å². The van der Waals surface area contributed by atoms with Gasteiger partial charge in [-0.15, -0.1) is 0 Å². The van der Waals surface area contributed by atoms with Crippen molar-refractivity contribution < 1.29 is 14.7 Å². The highest BCUT2D eigenvalue weighted by molar-refractivity contribution is 5.95. The van der Waals surface area contributed by atoms with Crippen LogP contribution in [0.25, 0.3) is 11.1 Å². The Labute approximate surface area is 202 Å². The third-order valence-corrected chi connectivity index (χ3v) is 7.05. The lowest BCUT2D eigenvalue weighted by Gasteiger charge is -2.20. The molecule has 34 heavy (non-hydrogen) atoms. The summed E-state index contributed by atoms with van der Waals surface area (Å²) in [4.78, 5) is 27.0. The summed E-state index contributed by atoms with van der Waals surface area (Å²) in [6.07, 6.45) is -0.0363. The van der Waals surface area contributed by atoms with E-state index < -0.39 is 5.97 Å². The van der Waals surface area contributed by atoms with Crippen LogP contribution in [0.4, 0.5) is 0 Å². The van der Waals surface area contributed by atoms with Gasteiger partial charge in [0.25, 0.3) is 5.91 Å². The smallest absolute Gasteiger partial charge is 0.307 e. The summed E-state index contributed by atoms with van der Waals surface area (Å²) in [6, 6.07) is 16.1. The van der Waals surface area contributed by atoms with E-state index in [9.17, 15) is 14.7 Å². The van der Waals surface area contributed by atoms with Gasteiger partial charge in [-0.1, -0.05) is 62.7 Å². The van der Waals surface area contributed by atoms with Crippen molar-refractivity contribution in [1.29, 1.82) is 0 Å². The summed E-state index contributed by atoms with van der Waals surface area (Å²) in [5.74, 6) is -0.840. The minimum Gasteiger partial charge on any atom is -0.481 e. The molecular weight excluding hydrogens is 422 g/mol. The molecule has 0 aromatic heterocycles. The average Bonchev–Trinajstić information content (AvgIpc) is 3.23. The highest BCUT2D eigenvalue weighted by Gasteiger charge is 2.31. The first-order valence-corrected chi connectivity index (χ1v) is 11.8. The molecule has 0 aliphatic carbocycles. The Hall–Kier alpha value is -3.40. The van der Waals surface area contributed by atoms with Gasteiger partial charge in [0.05, 0.1) is 6.42 Å². The topological polar surface area (TPSA) is 57.6 Å². The largest absolute Gasteiger partial charge is 0.481 e. The molecule has 3 aromatic rings. The molecule has 1 N–H and O–H groups in total. The second-order valence-corrected chi connectivity index (χ2v) is 10.5. The Bertz CT molecular complexity index is 1260. The Balaban J connectivity index is 1.74. The predicted octanol–water partition coefficient (Wildman–Crippen LogP) is 6.36. The van der Waals surface area contributed by atoms with Crippen molar-refractivity contribution in [1.82, 2.24) is 4.90 Å². The van der Waals surface area contributed by atoms with E-state index in [-0.39, 0.29) is 17.7 Å². The molecule has 0 bridgehead atoms. The summed E-state index contributed by atoms with van der Waals surface area (Å²) in [6.45, 7) is 13.6. The first-order chi connectivity index (χ1) is 16.0. The third-order valence-electron chi connectivity index (χ3n) is 7.05. The number of carboxylic acid groups (broad SMARTS) is 1. The number of rotatable bonds is 4. The summed E-state index contributed by atoms with van der Waals surface area (Å²) in [5.41, 5.74) is 10.2. The van der Waals surface area contributed by atoms with E-state index in [0.29, 0.717) is 18.7 Å². The molecule has 0 saturated carbocycles. The number of hydrogen-bond acceptors (Lipinski definition) is 2. The molecule has 0 radical (unpaired) electrons. The van der Waals surface area contributed by atoms with Crippen LogP contribution in [0.2, 0.25) is 0 Å². The van der Waals surface area contributed by atoms with E-state index in [1.165, 1.54) is 5.56 Å². The van der Waals surface area contributed by atoms with Crippen LogP contribution < -0.4 is 0 Å². The van der Waals surface area contributed by atoms with Crippen LogP contribution in [0.1, 0.15) is 70.1 Å². The zero-order chi connectivity index (χ0) is 24.8. The number of carbonyl (C=O) groups is 2. The number of carboxylic acids is 1. The van der Waals surface area contributed by atoms with Gasteiger partial charge in [-0.25, -0.2) is 0 Å². The van der Waals surface area contributed by atoms with Crippen molar-refractivity contribution in [3.63, 3.8) is 0 Å². The molecule has 3 aromatic carbocycles. The molecular formula is C30H33NO3. The number of aryl methyl sites for hydroxylation is 1. The summed E-state index contributed by atoms with van der Waals surface area (Å²) >= 11 is 0. The molecule has 0 fully saturated rings. The van der Waals surface area contributed by atoms with E-state index in [1.807, 2.05) is 43.0 Å². The fourth-order valence-corrected chi connectivity index (χ4v) is 4.99. The summed E-state index contributed by atoms with van der Waals surface area (Å²) in [7, 11) is 0. The molecule has 1 amide bonds. The first-order valence-electron chi connectivity index (χ1n) is 11.8. The predicted molar refractivity (Wildman–Crippen MR) is 136 cm³/mol. The summed E-state index contributed by atoms with van der Waals surface area (Å²) < 4.78 is 0. The normalized spacial score (nSPS) is 13.2. The van der Waals surface area contributed by atoms with Crippen LogP contribution >= 0.6 is 0 Å². The Morgan fingerprint density at radius 1 is 0.853 bits per heavy atom. The van der Waals surface area contributed by atoms with Crippen molar-refractivity contribution in [2.24, 2.45) is 0 Å². The van der Waals surface area contributed by atoms with Crippen molar-refractivity contribution in [2.75, 3.05) is 0 Å². The number of carbonyl (C=O) groups excluding carboxylic acids is 1. The second kappa shape index (κ2) is 8.75. The van der Waals surface area contributed by atoms with Gasteiger partial charge in [0.2, 0.25) is 0 Å². The van der Waals surface area contributed by atoms with E-state index in [0.717, 1.165) is 44.5 Å². The SMILES string of the molecule is Cc1ccc(-c2c(C)c3c(c(C)c2CC(=O)O)CN(C(=O)c2ccc(C(C)(C)C)cc2)C3)cc1. The maximum absolute atomic E-state index is 13.4. The van der Waals surface area contributed by atoms with Crippen LogP contribution in [0.3, 0.4) is 0 Å². The molecule has 1 aliphatic heterocycles. The lowest BCUT2D eigenvalue weighted by atomic mass is 9.84. The van der Waals surface area contributed by atoms with Gasteiger partial charge in [-0.3, -0.25) is 9.59 Å². The molecule has 0 saturated heterocycles. The molecule has 0 unspecified atom stereocenters. The van der Waals surface area contributed by atoms with E-state index in [2.05, 4.69) is 52.0 Å². The zero-order valence-electron chi connectivity index (χ0n) is 21.0. The van der Waals surface area contributed by atoms with E-state index in [1.54, 1.807) is 0 Å². The molecule has 176 valence electrons. The van der Waals surface area contributed by atoms with Crippen molar-refractivity contribution in [3.05, 3.63) is 93.0 Å². The molecule has 4 heteroatoms. The minimum atomic E-state index is -0.847. The quantitative estimate of drug-likeness (QED) is 0.498. The lowest BCUT2D eigenvalue weighted by molar-refractivity contribution is -0.136. The lowest BCUT2D eigenvalue weighted by Crippen LogP contribution is -2.25. The van der Waals surface area contributed by atoms with Crippen molar-refractivity contribution in [3.8, 4) is 11.1 Å². The highest BCUT2D eigenvalue weighted by atomic mass is 16.4. The maximum Gasteiger partial charge on any atom is 0.307 e. The Kier molecular flexibility index (Phi) is 6.11. The maximum atomic E-state index is 13.4. The standard InChI is InChI=1S/C30H33NO3/c1-18-7-9-21(10-8-18)28-20(3)26-17-31(16-25(26)19(2)24(28)15-27(32)33)29(34)22-11-13-23(14-12-22)30(4,5)6/h7-14H,15-17H2,1-6H3,(H,32,33). The molecule has 1 aliphatic rings. The molecule has 1 heterocycles. The molecule has 4 nitrogen and oxygen atoms in total. The fraction of sp³-hybridized carbons (Fsp3) is 0.333. The van der Waals surface area contributed by atoms with Crippen molar-refractivity contribution in [2.45, 2.75) is 66.5 Å². The van der Waals surface area contributed by atoms with Crippen LogP contribution in [0, 0.1) is 20.8 Å². The number of hydrogen-bond donors (Lipinski definition) is 1. The van der Waals surface area contributed by atoms with Gasteiger partial charge in [0.1, 0.15) is 0 Å². The Morgan fingerprint density at radius 2 is 1.41 bits per heavy atom. The van der Waals surface area contributed by atoms with Gasteiger partial charge in [0, 0.05) is 18.7 Å². The third kappa shape index (κ3) is 4.37. The number of benzene rings is 3. The number of aliphatic carboxylic acids is 1. The van der Waals surface area contributed by atoms with Crippen LogP contribution in [0.15, 0.2) is 48.5 Å². The van der Waals surface area contributed by atoms with Crippen LogP contribution in [0.5, 0.6) is 0 Å². The Morgan fingerprint density at radius 3 is 1.94 bits per heavy atom. The van der Waals surface area contributed by atoms with Gasteiger partial charge in [0.15, 0.2) is 0 Å². The number of fused-ring (bicyclic) bond motifs is 1. The van der Waals surface area contributed by atoms with Gasteiger partial charge in [-0.05, 0) is 82.8 Å². The fourth-order valence-electron chi connectivity index (χ4n) is 4.99. The minimum absolute atomic E-state index is 0.00660. The first kappa shape index (κ1) is 23.7. The van der Waals surface area contributed by atoms with Gasteiger partial charge in [-0.2, -0.15) is 0 Å². The molecule has 4 rings (SSSR count). The average molecular weight is 456 g/mol. The van der Waals surface area contributed by atoms with Crippen LogP contribution in [-0.4, -0.2) is 21.9 Å². The van der Waals surface area contributed by atoms with E-state index in [4.69, 9.17) is 0 Å². The second-order valence-electron chi connectivity index (χ2n) is 10.5. The van der Waals surface area contributed by atoms with Gasteiger partial charge >= 0.3 is 5.97 Å². The number of amides is 1. The molecule has 0 spiro atoms.